The Hall–Kier alpha value is -0.870. The molecule has 1 amide bonds. The lowest BCUT2D eigenvalue weighted by atomic mass is 9.89. The van der Waals surface area contributed by atoms with Crippen LogP contribution in [-0.4, -0.2) is 24.0 Å². The van der Waals surface area contributed by atoms with Gasteiger partial charge < -0.3 is 10.6 Å². The van der Waals surface area contributed by atoms with Crippen LogP contribution >= 0.6 is 11.3 Å². The Balaban J connectivity index is 1.43. The van der Waals surface area contributed by atoms with Gasteiger partial charge >= 0.3 is 0 Å². The molecule has 0 aliphatic carbocycles. The van der Waals surface area contributed by atoms with Crippen molar-refractivity contribution in [3.8, 4) is 0 Å². The number of carbonyl (C=O) groups is 1. The summed E-state index contributed by atoms with van der Waals surface area (Å²) in [4.78, 5) is 14.9. The minimum Gasteiger partial charge on any atom is -0.353 e. The van der Waals surface area contributed by atoms with E-state index in [0.29, 0.717) is 24.4 Å². The van der Waals surface area contributed by atoms with Crippen molar-refractivity contribution in [2.75, 3.05) is 0 Å². The average molecular weight is 306 g/mol. The van der Waals surface area contributed by atoms with E-state index in [1.807, 2.05) is 11.3 Å². The minimum absolute atomic E-state index is 0.231. The summed E-state index contributed by atoms with van der Waals surface area (Å²) in [6.07, 6.45) is 6.63. The smallest absolute Gasteiger partial charge is 0.220 e. The summed E-state index contributed by atoms with van der Waals surface area (Å²) in [5.41, 5.74) is 0. The van der Waals surface area contributed by atoms with Gasteiger partial charge in [-0.15, -0.1) is 11.3 Å². The van der Waals surface area contributed by atoms with Crippen LogP contribution in [0.25, 0.3) is 0 Å². The van der Waals surface area contributed by atoms with Crippen LogP contribution in [-0.2, 0) is 11.2 Å². The number of nitrogens with one attached hydrogen (secondary N) is 2. The molecule has 0 aromatic carbocycles. The fraction of sp³-hybridized carbons (Fsp3) is 0.706. The Morgan fingerprint density at radius 2 is 2.10 bits per heavy atom. The molecule has 3 heterocycles. The lowest BCUT2D eigenvalue weighted by Gasteiger charge is -2.29. The predicted octanol–water partition coefficient (Wildman–Crippen LogP) is 3.02. The molecular weight excluding hydrogens is 280 g/mol. The maximum Gasteiger partial charge on any atom is 0.220 e. The highest BCUT2D eigenvalue weighted by atomic mass is 32.1. The van der Waals surface area contributed by atoms with Crippen molar-refractivity contribution in [1.29, 1.82) is 0 Å². The first-order valence-electron chi connectivity index (χ1n) is 8.19. The largest absolute Gasteiger partial charge is 0.353 e. The molecule has 2 bridgehead atoms. The number of piperidine rings is 1. The molecule has 1 aromatic rings. The van der Waals surface area contributed by atoms with E-state index in [1.54, 1.807) is 0 Å². The first kappa shape index (κ1) is 15.0. The third kappa shape index (κ3) is 4.07. The molecule has 1 aromatic heterocycles. The van der Waals surface area contributed by atoms with Gasteiger partial charge in [0.25, 0.3) is 0 Å². The predicted molar refractivity (Wildman–Crippen MR) is 87.7 cm³/mol. The second-order valence-electron chi connectivity index (χ2n) is 6.86. The van der Waals surface area contributed by atoms with Gasteiger partial charge in [-0.1, -0.05) is 0 Å². The molecule has 116 valence electrons. The van der Waals surface area contributed by atoms with E-state index in [4.69, 9.17) is 0 Å². The van der Waals surface area contributed by atoms with E-state index >= 15 is 0 Å². The topological polar surface area (TPSA) is 41.1 Å². The monoisotopic (exact) mass is 306 g/mol. The zero-order chi connectivity index (χ0) is 14.8. The van der Waals surface area contributed by atoms with Gasteiger partial charge in [-0.3, -0.25) is 4.79 Å². The standard InChI is InChI=1S/C17H26N2OS/c1-11(7-16-6-3-12(2)21-16)18-17(20)10-13-8-14-4-5-15(9-13)19-14/h3,6,11,13-15,19H,4-5,7-10H2,1-2H3,(H,18,20). The summed E-state index contributed by atoms with van der Waals surface area (Å²) in [5.74, 6) is 0.821. The Labute approximate surface area is 131 Å². The first-order chi connectivity index (χ1) is 10.1. The van der Waals surface area contributed by atoms with Crippen LogP contribution in [0.5, 0.6) is 0 Å². The molecule has 3 atom stereocenters. The van der Waals surface area contributed by atoms with Crippen molar-refractivity contribution >= 4 is 17.2 Å². The van der Waals surface area contributed by atoms with Gasteiger partial charge in [-0.2, -0.15) is 0 Å². The van der Waals surface area contributed by atoms with Crippen LogP contribution in [0.2, 0.25) is 0 Å². The Morgan fingerprint density at radius 3 is 2.71 bits per heavy atom. The molecule has 3 rings (SSSR count). The quantitative estimate of drug-likeness (QED) is 0.878. The summed E-state index contributed by atoms with van der Waals surface area (Å²) in [6, 6.07) is 5.90. The second kappa shape index (κ2) is 6.49. The molecule has 0 radical (unpaired) electrons. The van der Waals surface area contributed by atoms with Crippen LogP contribution in [0, 0.1) is 12.8 Å². The zero-order valence-corrected chi connectivity index (χ0v) is 13.8. The fourth-order valence-electron chi connectivity index (χ4n) is 3.89. The van der Waals surface area contributed by atoms with Crippen LogP contribution in [0.4, 0.5) is 0 Å². The average Bonchev–Trinajstić information content (AvgIpc) is 2.95. The van der Waals surface area contributed by atoms with E-state index in [0.717, 1.165) is 6.42 Å². The molecule has 3 nitrogen and oxygen atoms in total. The summed E-state index contributed by atoms with van der Waals surface area (Å²) < 4.78 is 0. The normalized spacial score (nSPS) is 29.3. The van der Waals surface area contributed by atoms with Gasteiger partial charge in [-0.25, -0.2) is 0 Å². The SMILES string of the molecule is Cc1ccc(CC(C)NC(=O)CC2CC3CCC(C2)N3)s1. The van der Waals surface area contributed by atoms with Crippen LogP contribution < -0.4 is 10.6 Å². The molecule has 4 heteroatoms. The lowest BCUT2D eigenvalue weighted by Crippen LogP contribution is -2.41. The van der Waals surface area contributed by atoms with Crippen molar-refractivity contribution in [1.82, 2.24) is 10.6 Å². The van der Waals surface area contributed by atoms with Crippen LogP contribution in [0.3, 0.4) is 0 Å². The molecule has 2 N–H and O–H groups in total. The van der Waals surface area contributed by atoms with Crippen LogP contribution in [0.1, 0.15) is 48.8 Å². The molecule has 3 unspecified atom stereocenters. The summed E-state index contributed by atoms with van der Waals surface area (Å²) >= 11 is 1.83. The number of carbonyl (C=O) groups excluding carboxylic acids is 1. The van der Waals surface area contributed by atoms with Crippen LogP contribution in [0.15, 0.2) is 12.1 Å². The Kier molecular flexibility index (Phi) is 4.65. The lowest BCUT2D eigenvalue weighted by molar-refractivity contribution is -0.122. The maximum atomic E-state index is 12.2. The molecule has 2 aliphatic rings. The third-order valence-corrected chi connectivity index (χ3v) is 5.78. The van der Waals surface area contributed by atoms with Gasteiger partial charge in [0.1, 0.15) is 0 Å². The number of thiophene rings is 1. The molecule has 2 aliphatic heterocycles. The molecule has 2 saturated heterocycles. The molecule has 2 fully saturated rings. The molecule has 0 saturated carbocycles. The number of aryl methyl sites for hydroxylation is 1. The van der Waals surface area contributed by atoms with E-state index in [1.165, 1.54) is 35.4 Å². The highest BCUT2D eigenvalue weighted by Crippen LogP contribution is 2.32. The molecule has 0 spiro atoms. The van der Waals surface area contributed by atoms with Crippen molar-refractivity contribution in [3.63, 3.8) is 0 Å². The van der Waals surface area contributed by atoms with E-state index < -0.39 is 0 Å². The Morgan fingerprint density at radius 1 is 1.38 bits per heavy atom. The van der Waals surface area contributed by atoms with Gasteiger partial charge in [-0.05, 0) is 57.6 Å². The number of hydrogen-bond acceptors (Lipinski definition) is 3. The Bertz CT molecular complexity index is 487. The highest BCUT2D eigenvalue weighted by molar-refractivity contribution is 7.11. The maximum absolute atomic E-state index is 12.2. The van der Waals surface area contributed by atoms with Gasteiger partial charge in [0.2, 0.25) is 5.91 Å². The minimum atomic E-state index is 0.231. The number of amides is 1. The van der Waals surface area contributed by atoms with Crippen molar-refractivity contribution < 1.29 is 4.79 Å². The summed E-state index contributed by atoms with van der Waals surface area (Å²) in [5, 5.41) is 6.82. The van der Waals surface area contributed by atoms with Gasteiger partial charge in [0, 0.05) is 40.7 Å². The number of rotatable bonds is 5. The van der Waals surface area contributed by atoms with Gasteiger partial charge in [0.15, 0.2) is 0 Å². The number of hydrogen-bond donors (Lipinski definition) is 2. The molecule has 21 heavy (non-hydrogen) atoms. The fourth-order valence-corrected chi connectivity index (χ4v) is 4.90. The second-order valence-corrected chi connectivity index (χ2v) is 8.24. The zero-order valence-electron chi connectivity index (χ0n) is 13.0. The highest BCUT2D eigenvalue weighted by Gasteiger charge is 2.34. The summed E-state index contributed by atoms with van der Waals surface area (Å²) in [6.45, 7) is 4.24. The summed E-state index contributed by atoms with van der Waals surface area (Å²) in [7, 11) is 0. The van der Waals surface area contributed by atoms with Crippen molar-refractivity contribution in [2.45, 2.75) is 70.5 Å². The van der Waals surface area contributed by atoms with Crippen molar-refractivity contribution in [3.05, 3.63) is 21.9 Å². The number of fused-ring (bicyclic) bond motifs is 2. The van der Waals surface area contributed by atoms with E-state index in [-0.39, 0.29) is 11.9 Å². The molecular formula is C17H26N2OS. The third-order valence-electron chi connectivity index (χ3n) is 4.76. The van der Waals surface area contributed by atoms with E-state index in [2.05, 4.69) is 36.6 Å². The van der Waals surface area contributed by atoms with E-state index in [9.17, 15) is 4.79 Å². The van der Waals surface area contributed by atoms with Gasteiger partial charge in [0.05, 0.1) is 0 Å². The van der Waals surface area contributed by atoms with Crippen molar-refractivity contribution in [2.24, 2.45) is 5.92 Å². The first-order valence-corrected chi connectivity index (χ1v) is 9.01.